The Morgan fingerprint density at radius 1 is 1.10 bits per heavy atom. The molecule has 2 aromatic rings. The third kappa shape index (κ3) is 3.76. The summed E-state index contributed by atoms with van der Waals surface area (Å²) in [6.45, 7) is 0.303. The lowest BCUT2D eigenvalue weighted by Crippen LogP contribution is -2.09. The van der Waals surface area contributed by atoms with Gasteiger partial charge in [0.25, 0.3) is 0 Å². The fraction of sp³-hybridized carbons (Fsp3) is 0.0714. The van der Waals surface area contributed by atoms with Crippen LogP contribution >= 0.6 is 47.0 Å². The lowest BCUT2D eigenvalue weighted by atomic mass is 10.1. The molecule has 0 spiro atoms. The van der Waals surface area contributed by atoms with Gasteiger partial charge < -0.3 is 10.5 Å². The van der Waals surface area contributed by atoms with Crippen LogP contribution in [-0.2, 0) is 6.61 Å². The van der Waals surface area contributed by atoms with Crippen LogP contribution in [0.5, 0.6) is 5.75 Å². The highest BCUT2D eigenvalue weighted by molar-refractivity contribution is 7.80. The molecule has 0 aromatic heterocycles. The molecule has 6 heteroatoms. The molecule has 104 valence electrons. The van der Waals surface area contributed by atoms with Crippen LogP contribution < -0.4 is 10.5 Å². The first kappa shape index (κ1) is 15.4. The predicted octanol–water partition coefficient (Wildman–Crippen LogP) is 4.86. The van der Waals surface area contributed by atoms with Gasteiger partial charge in [0.05, 0.1) is 10.0 Å². The Morgan fingerprint density at radius 2 is 1.75 bits per heavy atom. The maximum absolute atomic E-state index is 6.05. The summed E-state index contributed by atoms with van der Waals surface area (Å²) in [5.41, 5.74) is 7.29. The quantitative estimate of drug-likeness (QED) is 0.803. The van der Waals surface area contributed by atoms with Gasteiger partial charge in [0.2, 0.25) is 0 Å². The highest BCUT2D eigenvalue weighted by atomic mass is 35.5. The minimum Gasteiger partial charge on any atom is -0.486 e. The van der Waals surface area contributed by atoms with Crippen molar-refractivity contribution in [3.63, 3.8) is 0 Å². The minimum atomic E-state index is 0.303. The van der Waals surface area contributed by atoms with E-state index in [1.54, 1.807) is 12.1 Å². The number of rotatable bonds is 4. The molecule has 2 nitrogen and oxygen atoms in total. The fourth-order valence-corrected chi connectivity index (χ4v) is 2.69. The van der Waals surface area contributed by atoms with Gasteiger partial charge in [0.15, 0.2) is 5.75 Å². The average Bonchev–Trinajstić information content (AvgIpc) is 2.37. The van der Waals surface area contributed by atoms with Crippen LogP contribution in [0.3, 0.4) is 0 Å². The molecule has 0 saturated heterocycles. The maximum Gasteiger partial charge on any atom is 0.157 e. The molecule has 0 bridgehead atoms. The Bertz CT molecular complexity index is 638. The van der Waals surface area contributed by atoms with Crippen LogP contribution in [0.1, 0.15) is 11.1 Å². The molecular formula is C14H10Cl3NOS. The van der Waals surface area contributed by atoms with Crippen molar-refractivity contribution in [2.75, 3.05) is 0 Å². The summed E-state index contributed by atoms with van der Waals surface area (Å²) in [7, 11) is 0. The summed E-state index contributed by atoms with van der Waals surface area (Å²) in [5, 5.41) is 1.20. The molecule has 0 saturated carbocycles. The Morgan fingerprint density at radius 3 is 2.35 bits per heavy atom. The summed E-state index contributed by atoms with van der Waals surface area (Å²) >= 11 is 22.9. The summed E-state index contributed by atoms with van der Waals surface area (Å²) < 4.78 is 5.64. The molecule has 0 fully saturated rings. The Balaban J connectivity index is 2.17. The highest BCUT2D eigenvalue weighted by Crippen LogP contribution is 2.36. The van der Waals surface area contributed by atoms with Gasteiger partial charge in [-0.2, -0.15) is 0 Å². The zero-order valence-electron chi connectivity index (χ0n) is 10.2. The fourth-order valence-electron chi connectivity index (χ4n) is 1.64. The molecule has 2 N–H and O–H groups in total. The van der Waals surface area contributed by atoms with E-state index in [0.717, 1.165) is 11.1 Å². The van der Waals surface area contributed by atoms with E-state index in [1.165, 1.54) is 0 Å². The normalized spacial score (nSPS) is 10.3. The zero-order chi connectivity index (χ0) is 14.7. The minimum absolute atomic E-state index is 0.303. The van der Waals surface area contributed by atoms with Crippen molar-refractivity contribution in [2.24, 2.45) is 5.73 Å². The third-order valence-electron chi connectivity index (χ3n) is 2.56. The van der Waals surface area contributed by atoms with Crippen LogP contribution in [0.4, 0.5) is 0 Å². The topological polar surface area (TPSA) is 35.2 Å². The molecule has 20 heavy (non-hydrogen) atoms. The van der Waals surface area contributed by atoms with E-state index in [2.05, 4.69) is 0 Å². The number of benzene rings is 2. The van der Waals surface area contributed by atoms with Crippen LogP contribution in [0.15, 0.2) is 36.4 Å². The van der Waals surface area contributed by atoms with Crippen molar-refractivity contribution in [3.8, 4) is 5.75 Å². The van der Waals surface area contributed by atoms with Crippen molar-refractivity contribution < 1.29 is 4.74 Å². The average molecular weight is 347 g/mol. The molecule has 0 amide bonds. The SMILES string of the molecule is NC(=S)c1cccc(COc2c(Cl)cc(Cl)cc2Cl)c1. The molecule has 2 rings (SSSR count). The summed E-state index contributed by atoms with van der Waals surface area (Å²) in [6.07, 6.45) is 0. The number of nitrogens with two attached hydrogens (primary N) is 1. The van der Waals surface area contributed by atoms with Gasteiger partial charge in [-0.25, -0.2) is 0 Å². The Labute approximate surface area is 137 Å². The standard InChI is InChI=1S/C14H10Cl3NOS/c15-10-5-11(16)13(12(17)6-10)19-7-8-2-1-3-9(4-8)14(18)20/h1-6H,7H2,(H2,18,20). The molecule has 2 aromatic carbocycles. The van der Waals surface area contributed by atoms with E-state index in [9.17, 15) is 0 Å². The van der Waals surface area contributed by atoms with Gasteiger partial charge in [-0.1, -0.05) is 65.2 Å². The van der Waals surface area contributed by atoms with Crippen LogP contribution in [0, 0.1) is 0 Å². The Kier molecular flexibility index (Phi) is 5.11. The van der Waals surface area contributed by atoms with Gasteiger partial charge in [0, 0.05) is 10.6 Å². The summed E-state index contributed by atoms with van der Waals surface area (Å²) in [6, 6.07) is 10.6. The first-order valence-electron chi connectivity index (χ1n) is 5.63. The van der Waals surface area contributed by atoms with Crippen LogP contribution in [0.2, 0.25) is 15.1 Å². The van der Waals surface area contributed by atoms with E-state index in [1.807, 2.05) is 24.3 Å². The van der Waals surface area contributed by atoms with E-state index in [4.69, 9.17) is 57.5 Å². The van der Waals surface area contributed by atoms with Gasteiger partial charge >= 0.3 is 0 Å². The summed E-state index contributed by atoms with van der Waals surface area (Å²) in [5.74, 6) is 0.401. The van der Waals surface area contributed by atoms with Gasteiger partial charge in [-0.15, -0.1) is 0 Å². The van der Waals surface area contributed by atoms with Gasteiger partial charge in [0.1, 0.15) is 11.6 Å². The van der Waals surface area contributed by atoms with E-state index < -0.39 is 0 Å². The van der Waals surface area contributed by atoms with Gasteiger partial charge in [-0.05, 0) is 23.8 Å². The molecule has 0 aliphatic carbocycles. The second-order valence-electron chi connectivity index (χ2n) is 4.05. The molecule has 0 heterocycles. The van der Waals surface area contributed by atoms with Crippen molar-refractivity contribution in [2.45, 2.75) is 6.61 Å². The molecular weight excluding hydrogens is 337 g/mol. The van der Waals surface area contributed by atoms with Crippen molar-refractivity contribution >= 4 is 52.0 Å². The highest BCUT2D eigenvalue weighted by Gasteiger charge is 2.09. The lowest BCUT2D eigenvalue weighted by Gasteiger charge is -2.11. The van der Waals surface area contributed by atoms with Gasteiger partial charge in [-0.3, -0.25) is 0 Å². The number of thiocarbonyl (C=S) groups is 1. The first-order valence-corrected chi connectivity index (χ1v) is 7.17. The number of halogens is 3. The third-order valence-corrected chi connectivity index (χ3v) is 3.57. The van der Waals surface area contributed by atoms with Crippen molar-refractivity contribution in [3.05, 3.63) is 62.6 Å². The number of hydrogen-bond donors (Lipinski definition) is 1. The molecule has 0 atom stereocenters. The monoisotopic (exact) mass is 345 g/mol. The molecule has 0 unspecified atom stereocenters. The smallest absolute Gasteiger partial charge is 0.157 e. The maximum atomic E-state index is 6.05. The van der Waals surface area contributed by atoms with E-state index in [0.29, 0.717) is 32.4 Å². The predicted molar refractivity (Wildman–Crippen MR) is 88.1 cm³/mol. The van der Waals surface area contributed by atoms with E-state index >= 15 is 0 Å². The second kappa shape index (κ2) is 6.64. The molecule has 0 radical (unpaired) electrons. The summed E-state index contributed by atoms with van der Waals surface area (Å²) in [4.78, 5) is 0.342. The van der Waals surface area contributed by atoms with Crippen LogP contribution in [-0.4, -0.2) is 4.99 Å². The van der Waals surface area contributed by atoms with E-state index in [-0.39, 0.29) is 0 Å². The van der Waals surface area contributed by atoms with Crippen molar-refractivity contribution in [1.82, 2.24) is 0 Å². The number of ether oxygens (including phenoxy) is 1. The largest absolute Gasteiger partial charge is 0.486 e. The molecule has 0 aliphatic heterocycles. The number of hydrogen-bond acceptors (Lipinski definition) is 2. The van der Waals surface area contributed by atoms with Crippen molar-refractivity contribution in [1.29, 1.82) is 0 Å². The lowest BCUT2D eigenvalue weighted by molar-refractivity contribution is 0.306. The van der Waals surface area contributed by atoms with Crippen LogP contribution in [0.25, 0.3) is 0 Å². The Hall–Kier alpha value is -1.000. The second-order valence-corrected chi connectivity index (χ2v) is 5.74. The molecule has 0 aliphatic rings. The first-order chi connectivity index (χ1) is 9.47. The zero-order valence-corrected chi connectivity index (χ0v) is 13.3.